The molecule has 3 rings (SSSR count). The molecule has 0 aliphatic carbocycles. The van der Waals surface area contributed by atoms with Gasteiger partial charge in [-0.15, -0.1) is 12.4 Å². The summed E-state index contributed by atoms with van der Waals surface area (Å²) in [7, 11) is 0. The molecule has 2 aliphatic rings. The lowest BCUT2D eigenvalue weighted by Gasteiger charge is -2.24. The second kappa shape index (κ2) is 6.54. The van der Waals surface area contributed by atoms with Gasteiger partial charge in [-0.3, -0.25) is 4.79 Å². The zero-order chi connectivity index (χ0) is 13.2. The number of aromatic nitrogens is 3. The molecule has 1 aromatic rings. The van der Waals surface area contributed by atoms with Crippen LogP contribution in [0.3, 0.4) is 0 Å². The number of aryl methyl sites for hydroxylation is 2. The molecule has 1 fully saturated rings. The lowest BCUT2D eigenvalue weighted by atomic mass is 10.1. The van der Waals surface area contributed by atoms with E-state index in [1.54, 1.807) is 0 Å². The Balaban J connectivity index is 0.00000147. The Morgan fingerprint density at radius 1 is 1.50 bits per heavy atom. The maximum atomic E-state index is 12.0. The zero-order valence-electron chi connectivity index (χ0n) is 11.8. The fraction of sp³-hybridized carbons (Fsp3) is 0.769. The van der Waals surface area contributed by atoms with Gasteiger partial charge >= 0.3 is 0 Å². The summed E-state index contributed by atoms with van der Waals surface area (Å²) >= 11 is 0. The Morgan fingerprint density at radius 3 is 3.10 bits per heavy atom. The van der Waals surface area contributed by atoms with Gasteiger partial charge in [-0.2, -0.15) is 5.10 Å². The van der Waals surface area contributed by atoms with Gasteiger partial charge in [0.2, 0.25) is 5.91 Å². The number of halogens is 1. The van der Waals surface area contributed by atoms with E-state index in [1.807, 2.05) is 11.6 Å². The number of nitrogens with zero attached hydrogens (tertiary/aromatic N) is 3. The first kappa shape index (κ1) is 15.3. The van der Waals surface area contributed by atoms with E-state index in [-0.39, 0.29) is 24.4 Å². The number of nitrogens with one attached hydrogen (secondary N) is 2. The molecule has 6 nitrogen and oxygen atoms in total. The largest absolute Gasteiger partial charge is 0.351 e. The van der Waals surface area contributed by atoms with Crippen molar-refractivity contribution in [2.45, 2.75) is 57.7 Å². The van der Waals surface area contributed by atoms with E-state index in [0.717, 1.165) is 44.0 Å². The summed E-state index contributed by atoms with van der Waals surface area (Å²) in [4.78, 5) is 16.4. The lowest BCUT2D eigenvalue weighted by molar-refractivity contribution is -0.122. The molecular weight excluding hydrogens is 278 g/mol. The maximum absolute atomic E-state index is 12.0. The molecule has 1 saturated heterocycles. The average Bonchev–Trinajstić information content (AvgIpc) is 2.96. The van der Waals surface area contributed by atoms with Crippen LogP contribution in [0.15, 0.2) is 0 Å². The molecule has 0 bridgehead atoms. The first-order valence-electron chi connectivity index (χ1n) is 7.14. The van der Waals surface area contributed by atoms with Crippen LogP contribution >= 0.6 is 12.4 Å². The molecule has 0 radical (unpaired) electrons. The van der Waals surface area contributed by atoms with Gasteiger partial charge in [-0.25, -0.2) is 9.67 Å². The monoisotopic (exact) mass is 299 g/mol. The molecule has 7 heteroatoms. The zero-order valence-corrected chi connectivity index (χ0v) is 12.6. The molecule has 0 aromatic carbocycles. The third kappa shape index (κ3) is 3.49. The number of hydrogen-bond acceptors (Lipinski definition) is 4. The van der Waals surface area contributed by atoms with Gasteiger partial charge in [-0.05, 0) is 32.7 Å². The highest BCUT2D eigenvalue weighted by Gasteiger charge is 2.24. The van der Waals surface area contributed by atoms with Crippen LogP contribution in [-0.2, 0) is 17.8 Å². The SMILES string of the molecule is Cc1nc2n(n1)CC(NC(=O)CC1CCCN1)CC2.Cl. The molecule has 3 heterocycles. The molecule has 20 heavy (non-hydrogen) atoms. The summed E-state index contributed by atoms with van der Waals surface area (Å²) in [6.45, 7) is 3.70. The Kier molecular flexibility index (Phi) is 4.99. The van der Waals surface area contributed by atoms with Crippen LogP contribution in [0.5, 0.6) is 0 Å². The quantitative estimate of drug-likeness (QED) is 0.856. The summed E-state index contributed by atoms with van der Waals surface area (Å²) in [5, 5.41) is 10.8. The minimum Gasteiger partial charge on any atom is -0.351 e. The normalized spacial score (nSPS) is 24.9. The van der Waals surface area contributed by atoms with Gasteiger partial charge in [0, 0.05) is 24.9 Å². The van der Waals surface area contributed by atoms with Gasteiger partial charge in [0.1, 0.15) is 11.6 Å². The van der Waals surface area contributed by atoms with Crippen LogP contribution in [0.1, 0.15) is 37.3 Å². The third-order valence-electron chi connectivity index (χ3n) is 3.92. The lowest BCUT2D eigenvalue weighted by Crippen LogP contribution is -2.43. The molecule has 2 atom stereocenters. The smallest absolute Gasteiger partial charge is 0.221 e. The molecule has 0 spiro atoms. The minimum absolute atomic E-state index is 0. The van der Waals surface area contributed by atoms with Crippen molar-refractivity contribution in [3.8, 4) is 0 Å². The number of amides is 1. The van der Waals surface area contributed by atoms with Gasteiger partial charge in [0.25, 0.3) is 0 Å². The fourth-order valence-electron chi connectivity index (χ4n) is 2.99. The van der Waals surface area contributed by atoms with Crippen molar-refractivity contribution in [1.29, 1.82) is 0 Å². The predicted octanol–water partition coefficient (Wildman–Crippen LogP) is 0.581. The topological polar surface area (TPSA) is 71.8 Å². The predicted molar refractivity (Wildman–Crippen MR) is 77.9 cm³/mol. The molecule has 1 aromatic heterocycles. The van der Waals surface area contributed by atoms with Gasteiger partial charge < -0.3 is 10.6 Å². The van der Waals surface area contributed by atoms with Crippen molar-refractivity contribution in [2.75, 3.05) is 6.54 Å². The molecule has 2 aliphatic heterocycles. The Hall–Kier alpha value is -1.14. The highest BCUT2D eigenvalue weighted by Crippen LogP contribution is 2.14. The van der Waals surface area contributed by atoms with Crippen LogP contribution in [0.2, 0.25) is 0 Å². The molecule has 1 amide bonds. The number of hydrogen-bond donors (Lipinski definition) is 2. The summed E-state index contributed by atoms with van der Waals surface area (Å²) in [5.41, 5.74) is 0. The number of carbonyl (C=O) groups is 1. The van der Waals surface area contributed by atoms with Crippen LogP contribution < -0.4 is 10.6 Å². The standard InChI is InChI=1S/C13H21N5O.ClH/c1-9-15-12-5-4-11(8-18(12)17-9)16-13(19)7-10-3-2-6-14-10;/h10-11,14H,2-8H2,1H3,(H,16,19);1H. The molecule has 2 unspecified atom stereocenters. The van der Waals surface area contributed by atoms with E-state index in [0.29, 0.717) is 12.5 Å². The van der Waals surface area contributed by atoms with Gasteiger partial charge in [-0.1, -0.05) is 0 Å². The summed E-state index contributed by atoms with van der Waals surface area (Å²) in [6.07, 6.45) is 4.75. The van der Waals surface area contributed by atoms with Crippen molar-refractivity contribution in [3.63, 3.8) is 0 Å². The molecule has 112 valence electrons. The van der Waals surface area contributed by atoms with Crippen LogP contribution in [0.4, 0.5) is 0 Å². The Bertz CT molecular complexity index is 469. The Morgan fingerprint density at radius 2 is 2.35 bits per heavy atom. The second-order valence-corrected chi connectivity index (χ2v) is 5.56. The van der Waals surface area contributed by atoms with E-state index >= 15 is 0 Å². The number of fused-ring (bicyclic) bond motifs is 1. The van der Waals surface area contributed by atoms with Gasteiger partial charge in [0.05, 0.1) is 6.54 Å². The highest BCUT2D eigenvalue weighted by atomic mass is 35.5. The van der Waals surface area contributed by atoms with Crippen molar-refractivity contribution in [3.05, 3.63) is 11.6 Å². The van der Waals surface area contributed by atoms with Crippen molar-refractivity contribution in [1.82, 2.24) is 25.4 Å². The summed E-state index contributed by atoms with van der Waals surface area (Å²) in [5.74, 6) is 2.02. The van der Waals surface area contributed by atoms with Crippen molar-refractivity contribution < 1.29 is 4.79 Å². The Labute approximate surface area is 125 Å². The van der Waals surface area contributed by atoms with E-state index in [2.05, 4.69) is 20.7 Å². The third-order valence-corrected chi connectivity index (χ3v) is 3.92. The van der Waals surface area contributed by atoms with E-state index in [1.165, 1.54) is 6.42 Å². The highest BCUT2D eigenvalue weighted by molar-refractivity contribution is 5.85. The molecule has 2 N–H and O–H groups in total. The fourth-order valence-corrected chi connectivity index (χ4v) is 2.99. The average molecular weight is 300 g/mol. The maximum Gasteiger partial charge on any atom is 0.221 e. The first-order valence-corrected chi connectivity index (χ1v) is 7.14. The number of carbonyl (C=O) groups excluding carboxylic acids is 1. The molecule has 0 saturated carbocycles. The van der Waals surface area contributed by atoms with Crippen molar-refractivity contribution in [2.24, 2.45) is 0 Å². The van der Waals surface area contributed by atoms with Crippen LogP contribution in [-0.4, -0.2) is 39.3 Å². The van der Waals surface area contributed by atoms with E-state index in [9.17, 15) is 4.79 Å². The van der Waals surface area contributed by atoms with Crippen molar-refractivity contribution >= 4 is 18.3 Å². The number of rotatable bonds is 3. The minimum atomic E-state index is 0. The van der Waals surface area contributed by atoms with Crippen LogP contribution in [0.25, 0.3) is 0 Å². The van der Waals surface area contributed by atoms with Gasteiger partial charge in [0.15, 0.2) is 0 Å². The van der Waals surface area contributed by atoms with Crippen LogP contribution in [0, 0.1) is 6.92 Å². The first-order chi connectivity index (χ1) is 9.20. The summed E-state index contributed by atoms with van der Waals surface area (Å²) < 4.78 is 1.93. The molecular formula is C13H22ClN5O. The second-order valence-electron chi connectivity index (χ2n) is 5.56. The van der Waals surface area contributed by atoms with E-state index < -0.39 is 0 Å². The summed E-state index contributed by atoms with van der Waals surface area (Å²) in [6, 6.07) is 0.565. The van der Waals surface area contributed by atoms with E-state index in [4.69, 9.17) is 0 Å².